The molecule has 0 aliphatic carbocycles. The number of carbonyl (C=O) groups excluding carboxylic acids is 4. The normalized spacial score (nSPS) is 14.5. The molecule has 216 valence electrons. The summed E-state index contributed by atoms with van der Waals surface area (Å²) in [5.74, 6) is -4.88. The molecule has 0 aromatic heterocycles. The Hall–Kier alpha value is -4.20. The van der Waals surface area contributed by atoms with Crippen LogP contribution in [-0.2, 0) is 30.4 Å². The molecule has 0 aliphatic heterocycles. The number of primary amides is 1. The summed E-state index contributed by atoms with van der Waals surface area (Å²) in [4.78, 5) is 66.1. The Kier molecular flexibility index (Phi) is 14.0. The van der Waals surface area contributed by atoms with Crippen LogP contribution in [-0.4, -0.2) is 71.4 Å². The molecule has 1 aromatic carbocycles. The molecule has 0 heterocycles. The largest absolute Gasteiger partial charge is 0.480 e. The highest BCUT2D eigenvalue weighted by atomic mass is 16.4. The van der Waals surface area contributed by atoms with E-state index in [0.29, 0.717) is 18.4 Å². The number of guanidine groups is 1. The molecule has 0 fully saturated rings. The van der Waals surface area contributed by atoms with Crippen LogP contribution in [0, 0.1) is 5.92 Å². The van der Waals surface area contributed by atoms with E-state index in [0.717, 1.165) is 0 Å². The van der Waals surface area contributed by atoms with Gasteiger partial charge in [-0.25, -0.2) is 4.79 Å². The van der Waals surface area contributed by atoms with Crippen molar-refractivity contribution in [1.29, 1.82) is 0 Å². The van der Waals surface area contributed by atoms with Crippen LogP contribution in [0.2, 0.25) is 0 Å². The molecule has 5 atom stereocenters. The molecule has 12 N–H and O–H groups in total. The van der Waals surface area contributed by atoms with Crippen LogP contribution in [0.3, 0.4) is 0 Å². The van der Waals surface area contributed by atoms with Gasteiger partial charge in [-0.1, -0.05) is 50.6 Å². The van der Waals surface area contributed by atoms with E-state index in [-0.39, 0.29) is 31.3 Å². The first-order chi connectivity index (χ1) is 18.3. The number of nitrogens with zero attached hydrogens (tertiary/aromatic N) is 1. The number of carboxylic acids is 1. The number of carbonyl (C=O) groups is 5. The van der Waals surface area contributed by atoms with Gasteiger partial charge in [0.15, 0.2) is 5.96 Å². The van der Waals surface area contributed by atoms with Gasteiger partial charge in [-0.2, -0.15) is 0 Å². The molecular weight excluding hydrogens is 508 g/mol. The zero-order valence-corrected chi connectivity index (χ0v) is 22.3. The second kappa shape index (κ2) is 16.6. The third kappa shape index (κ3) is 12.3. The second-order valence-electron chi connectivity index (χ2n) is 9.25. The maximum atomic E-state index is 13.2. The number of hydrogen-bond acceptors (Lipinski definition) is 7. The molecule has 4 amide bonds. The lowest BCUT2D eigenvalue weighted by molar-refractivity contribution is -0.142. The highest BCUT2D eigenvalue weighted by Gasteiger charge is 2.33. The number of aliphatic imine (C=N–C) groups is 1. The Morgan fingerprint density at radius 2 is 1.54 bits per heavy atom. The zero-order valence-electron chi connectivity index (χ0n) is 22.3. The van der Waals surface area contributed by atoms with E-state index in [1.54, 1.807) is 44.2 Å². The first-order valence-electron chi connectivity index (χ1n) is 12.6. The first-order valence-corrected chi connectivity index (χ1v) is 12.6. The number of rotatable bonds is 17. The molecule has 14 nitrogen and oxygen atoms in total. The fraction of sp³-hybridized carbons (Fsp3) is 0.520. The van der Waals surface area contributed by atoms with E-state index >= 15 is 0 Å². The van der Waals surface area contributed by atoms with Gasteiger partial charge in [-0.15, -0.1) is 0 Å². The van der Waals surface area contributed by atoms with Crippen LogP contribution < -0.4 is 38.9 Å². The quantitative estimate of drug-likeness (QED) is 0.0611. The average molecular weight is 549 g/mol. The average Bonchev–Trinajstić information content (AvgIpc) is 2.88. The summed E-state index contributed by atoms with van der Waals surface area (Å²) in [6, 6.07) is 3.80. The summed E-state index contributed by atoms with van der Waals surface area (Å²) in [6.07, 6.45) is 0.568. The van der Waals surface area contributed by atoms with E-state index in [1.807, 2.05) is 0 Å². The van der Waals surface area contributed by atoms with Crippen molar-refractivity contribution < 1.29 is 29.1 Å². The van der Waals surface area contributed by atoms with Crippen molar-refractivity contribution in [1.82, 2.24) is 16.0 Å². The Balaban J connectivity index is 2.96. The van der Waals surface area contributed by atoms with Crippen LogP contribution >= 0.6 is 0 Å². The summed E-state index contributed by atoms with van der Waals surface area (Å²) in [5.41, 5.74) is 22.4. The fourth-order valence-electron chi connectivity index (χ4n) is 3.61. The van der Waals surface area contributed by atoms with E-state index in [2.05, 4.69) is 20.9 Å². The van der Waals surface area contributed by atoms with Crippen LogP contribution in [0.4, 0.5) is 0 Å². The van der Waals surface area contributed by atoms with Gasteiger partial charge < -0.3 is 44.0 Å². The third-order valence-corrected chi connectivity index (χ3v) is 6.03. The minimum Gasteiger partial charge on any atom is -0.480 e. The van der Waals surface area contributed by atoms with Crippen molar-refractivity contribution in [3.8, 4) is 0 Å². The maximum Gasteiger partial charge on any atom is 0.326 e. The molecule has 0 spiro atoms. The lowest BCUT2D eigenvalue weighted by Gasteiger charge is -2.27. The van der Waals surface area contributed by atoms with E-state index in [1.165, 1.54) is 0 Å². The first kappa shape index (κ1) is 32.8. The SMILES string of the molecule is CCC(C)C(NC(=O)C(N)CCCN=C(N)N)C(=O)NC(CC(N)=O)C(=O)NC(Cc1ccccc1)C(=O)O. The number of hydrogen-bond donors (Lipinski definition) is 8. The van der Waals surface area contributed by atoms with Crippen molar-refractivity contribution in [2.45, 2.75) is 70.1 Å². The summed E-state index contributed by atoms with van der Waals surface area (Å²) in [5, 5.41) is 17.0. The monoisotopic (exact) mass is 548 g/mol. The van der Waals surface area contributed by atoms with E-state index in [9.17, 15) is 29.1 Å². The predicted octanol–water partition coefficient (Wildman–Crippen LogP) is -1.93. The molecular formula is C25H40N8O6. The summed E-state index contributed by atoms with van der Waals surface area (Å²) >= 11 is 0. The summed E-state index contributed by atoms with van der Waals surface area (Å²) in [6.45, 7) is 3.81. The highest BCUT2D eigenvalue weighted by Crippen LogP contribution is 2.10. The van der Waals surface area contributed by atoms with Gasteiger partial charge in [0, 0.05) is 13.0 Å². The van der Waals surface area contributed by atoms with E-state index in [4.69, 9.17) is 22.9 Å². The second-order valence-corrected chi connectivity index (χ2v) is 9.25. The molecule has 5 unspecified atom stereocenters. The fourth-order valence-corrected chi connectivity index (χ4v) is 3.61. The lowest BCUT2D eigenvalue weighted by Crippen LogP contribution is -2.59. The molecule has 39 heavy (non-hydrogen) atoms. The van der Waals surface area contributed by atoms with Gasteiger partial charge in [-0.3, -0.25) is 24.2 Å². The highest BCUT2D eigenvalue weighted by molar-refractivity contribution is 5.96. The smallest absolute Gasteiger partial charge is 0.326 e. The Bertz CT molecular complexity index is 1020. The number of benzene rings is 1. The van der Waals surface area contributed by atoms with Crippen LogP contribution in [0.5, 0.6) is 0 Å². The van der Waals surface area contributed by atoms with Crippen molar-refractivity contribution in [2.75, 3.05) is 6.54 Å². The van der Waals surface area contributed by atoms with Gasteiger partial charge in [0.1, 0.15) is 18.1 Å². The molecule has 0 saturated heterocycles. The Morgan fingerprint density at radius 3 is 2.08 bits per heavy atom. The minimum atomic E-state index is -1.47. The molecule has 0 radical (unpaired) electrons. The van der Waals surface area contributed by atoms with Gasteiger partial charge in [-0.05, 0) is 24.3 Å². The van der Waals surface area contributed by atoms with Crippen LogP contribution in [0.1, 0.15) is 45.1 Å². The van der Waals surface area contributed by atoms with Gasteiger partial charge >= 0.3 is 5.97 Å². The standard InChI is InChI=1S/C25H40N8O6/c1-3-14(2)20(33-21(35)16(26)10-7-11-30-25(28)29)23(37)31-17(13-19(27)34)22(36)32-18(24(38)39)12-15-8-5-4-6-9-15/h4-6,8-9,14,16-18,20H,3,7,10-13,26H2,1-2H3,(H2,27,34)(H,31,37)(H,32,36)(H,33,35)(H,38,39)(H4,28,29,30). The van der Waals surface area contributed by atoms with Crippen molar-refractivity contribution in [3.63, 3.8) is 0 Å². The van der Waals surface area contributed by atoms with Crippen LogP contribution in [0.25, 0.3) is 0 Å². The van der Waals surface area contributed by atoms with Crippen LogP contribution in [0.15, 0.2) is 35.3 Å². The number of aliphatic carboxylic acids is 1. The summed E-state index contributed by atoms with van der Waals surface area (Å²) < 4.78 is 0. The zero-order chi connectivity index (χ0) is 29.5. The minimum absolute atomic E-state index is 0.0220. The summed E-state index contributed by atoms with van der Waals surface area (Å²) in [7, 11) is 0. The van der Waals surface area contributed by atoms with Crippen molar-refractivity contribution in [2.24, 2.45) is 33.8 Å². The Morgan fingerprint density at radius 1 is 0.923 bits per heavy atom. The number of nitrogens with one attached hydrogen (secondary N) is 3. The van der Waals surface area contributed by atoms with Gasteiger partial charge in [0.05, 0.1) is 12.5 Å². The van der Waals surface area contributed by atoms with Crippen molar-refractivity contribution >= 4 is 35.6 Å². The number of nitrogens with two attached hydrogens (primary N) is 4. The molecule has 0 saturated carbocycles. The molecule has 14 heteroatoms. The molecule has 1 rings (SSSR count). The molecule has 0 bridgehead atoms. The lowest BCUT2D eigenvalue weighted by atomic mass is 9.97. The molecule has 1 aromatic rings. The third-order valence-electron chi connectivity index (χ3n) is 6.03. The molecule has 0 aliphatic rings. The maximum absolute atomic E-state index is 13.2. The predicted molar refractivity (Wildman–Crippen MR) is 145 cm³/mol. The Labute approximate surface area is 227 Å². The van der Waals surface area contributed by atoms with Gasteiger partial charge in [0.2, 0.25) is 23.6 Å². The number of amides is 4. The van der Waals surface area contributed by atoms with Crippen molar-refractivity contribution in [3.05, 3.63) is 35.9 Å². The van der Waals surface area contributed by atoms with Gasteiger partial charge in [0.25, 0.3) is 0 Å². The van der Waals surface area contributed by atoms with E-state index < -0.39 is 60.2 Å². The number of carboxylic acid groups (broad SMARTS) is 1. The topological polar surface area (TPSA) is 258 Å².